The zero-order valence-corrected chi connectivity index (χ0v) is 10.9. The van der Waals surface area contributed by atoms with E-state index >= 15 is 0 Å². The zero-order chi connectivity index (χ0) is 11.9. The van der Waals surface area contributed by atoms with Gasteiger partial charge in [-0.1, -0.05) is 30.3 Å². The molecule has 0 amide bonds. The highest BCUT2D eigenvalue weighted by atomic mass is 35.5. The number of halogens is 1. The van der Waals surface area contributed by atoms with Gasteiger partial charge in [0.2, 0.25) is 0 Å². The molecule has 0 unspecified atom stereocenters. The second-order valence-electron chi connectivity index (χ2n) is 3.93. The Kier molecular flexibility index (Phi) is 6.43. The quantitative estimate of drug-likeness (QED) is 0.779. The maximum Gasteiger partial charge on any atom is 0.0659 e. The molecule has 0 aliphatic rings. The molecule has 5 heteroatoms. The molecule has 2 rings (SSSR count). The first kappa shape index (κ1) is 14.7. The van der Waals surface area contributed by atoms with Gasteiger partial charge in [0.15, 0.2) is 0 Å². The van der Waals surface area contributed by atoms with Gasteiger partial charge in [-0.15, -0.1) is 12.4 Å². The van der Waals surface area contributed by atoms with E-state index < -0.39 is 0 Å². The Hall–Kier alpha value is -1.36. The summed E-state index contributed by atoms with van der Waals surface area (Å²) in [6.07, 6.45) is 3.88. The number of hydrogen-bond acceptors (Lipinski definition) is 3. The molecule has 0 spiro atoms. The third-order valence-corrected chi connectivity index (χ3v) is 2.49. The Morgan fingerprint density at radius 3 is 2.67 bits per heavy atom. The van der Waals surface area contributed by atoms with Crippen molar-refractivity contribution in [2.75, 3.05) is 13.2 Å². The van der Waals surface area contributed by atoms with Crippen LogP contribution >= 0.6 is 12.4 Å². The molecule has 1 aromatic heterocycles. The van der Waals surface area contributed by atoms with Crippen LogP contribution < -0.4 is 5.32 Å². The van der Waals surface area contributed by atoms with Crippen molar-refractivity contribution in [3.8, 4) is 0 Å². The van der Waals surface area contributed by atoms with Gasteiger partial charge >= 0.3 is 0 Å². The average Bonchev–Trinajstić information content (AvgIpc) is 2.79. The fourth-order valence-corrected chi connectivity index (χ4v) is 1.67. The Morgan fingerprint density at radius 2 is 1.94 bits per heavy atom. The number of aromatic nitrogens is 2. The summed E-state index contributed by atoms with van der Waals surface area (Å²) in [6, 6.07) is 10.2. The number of benzene rings is 1. The molecule has 18 heavy (non-hydrogen) atoms. The van der Waals surface area contributed by atoms with Gasteiger partial charge < -0.3 is 10.4 Å². The minimum absolute atomic E-state index is 0. The Labute approximate surface area is 113 Å². The summed E-state index contributed by atoms with van der Waals surface area (Å²) in [7, 11) is 0. The first-order chi connectivity index (χ1) is 8.38. The maximum absolute atomic E-state index is 8.66. The van der Waals surface area contributed by atoms with Crippen LogP contribution in [0.25, 0.3) is 0 Å². The standard InChI is InChI=1S/C13H17N3O.ClH/c17-7-6-14-8-13-9-15-16(11-13)10-12-4-2-1-3-5-12;/h1-5,9,11,14,17H,6-8,10H2;1H. The van der Waals surface area contributed by atoms with Crippen LogP contribution in [-0.2, 0) is 13.1 Å². The van der Waals surface area contributed by atoms with Crippen molar-refractivity contribution in [1.29, 1.82) is 0 Å². The molecule has 0 fully saturated rings. The summed E-state index contributed by atoms with van der Waals surface area (Å²) in [5.74, 6) is 0. The molecule has 0 radical (unpaired) electrons. The van der Waals surface area contributed by atoms with Crippen molar-refractivity contribution in [1.82, 2.24) is 15.1 Å². The lowest BCUT2D eigenvalue weighted by Gasteiger charge is -2.01. The van der Waals surface area contributed by atoms with Gasteiger partial charge in [-0.25, -0.2) is 0 Å². The third kappa shape index (κ3) is 4.49. The first-order valence-electron chi connectivity index (χ1n) is 5.75. The van der Waals surface area contributed by atoms with Crippen molar-refractivity contribution >= 4 is 12.4 Å². The number of aliphatic hydroxyl groups excluding tert-OH is 1. The first-order valence-corrected chi connectivity index (χ1v) is 5.75. The van der Waals surface area contributed by atoms with Crippen LogP contribution in [0, 0.1) is 0 Å². The van der Waals surface area contributed by atoms with Gasteiger partial charge in [-0.05, 0) is 5.56 Å². The lowest BCUT2D eigenvalue weighted by molar-refractivity contribution is 0.292. The topological polar surface area (TPSA) is 50.1 Å². The molecule has 0 aliphatic carbocycles. The van der Waals surface area contributed by atoms with Gasteiger partial charge in [-0.2, -0.15) is 5.10 Å². The Balaban J connectivity index is 0.00000162. The Bertz CT molecular complexity index is 445. The molecule has 0 atom stereocenters. The molecule has 0 saturated carbocycles. The number of nitrogens with one attached hydrogen (secondary N) is 1. The van der Waals surface area contributed by atoms with Crippen LogP contribution in [0.1, 0.15) is 11.1 Å². The minimum Gasteiger partial charge on any atom is -0.395 e. The highest BCUT2D eigenvalue weighted by molar-refractivity contribution is 5.85. The molecule has 1 aromatic carbocycles. The summed E-state index contributed by atoms with van der Waals surface area (Å²) < 4.78 is 1.92. The van der Waals surface area contributed by atoms with E-state index in [1.165, 1.54) is 5.56 Å². The summed E-state index contributed by atoms with van der Waals surface area (Å²) in [6.45, 7) is 2.32. The van der Waals surface area contributed by atoms with Crippen molar-refractivity contribution in [2.45, 2.75) is 13.1 Å². The van der Waals surface area contributed by atoms with Crippen LogP contribution in [0.3, 0.4) is 0 Å². The van der Waals surface area contributed by atoms with Crippen molar-refractivity contribution in [3.05, 3.63) is 53.9 Å². The van der Waals surface area contributed by atoms with Gasteiger partial charge in [0.25, 0.3) is 0 Å². The number of nitrogens with zero attached hydrogens (tertiary/aromatic N) is 2. The summed E-state index contributed by atoms with van der Waals surface area (Å²) in [5, 5.41) is 16.1. The predicted octanol–water partition coefficient (Wildman–Crippen LogP) is 1.44. The van der Waals surface area contributed by atoms with Crippen LogP contribution in [0.4, 0.5) is 0 Å². The third-order valence-electron chi connectivity index (χ3n) is 2.49. The van der Waals surface area contributed by atoms with Crippen LogP contribution in [0.15, 0.2) is 42.7 Å². The van der Waals surface area contributed by atoms with E-state index in [2.05, 4.69) is 22.5 Å². The van der Waals surface area contributed by atoms with Gasteiger partial charge in [0.05, 0.1) is 19.3 Å². The number of rotatable bonds is 6. The highest BCUT2D eigenvalue weighted by Gasteiger charge is 1.99. The number of aliphatic hydroxyl groups is 1. The molecular weight excluding hydrogens is 250 g/mol. The van der Waals surface area contributed by atoms with E-state index in [0.29, 0.717) is 6.54 Å². The average molecular weight is 268 g/mol. The summed E-state index contributed by atoms with van der Waals surface area (Å²) >= 11 is 0. The lowest BCUT2D eigenvalue weighted by Crippen LogP contribution is -2.17. The fourth-order valence-electron chi connectivity index (χ4n) is 1.67. The smallest absolute Gasteiger partial charge is 0.0659 e. The van der Waals surface area contributed by atoms with E-state index in [0.717, 1.165) is 18.7 Å². The molecule has 1 heterocycles. The predicted molar refractivity (Wildman–Crippen MR) is 73.8 cm³/mol. The second kappa shape index (κ2) is 7.87. The molecule has 0 saturated heterocycles. The molecule has 0 bridgehead atoms. The zero-order valence-electron chi connectivity index (χ0n) is 10.1. The largest absolute Gasteiger partial charge is 0.395 e. The van der Waals surface area contributed by atoms with Crippen LogP contribution in [0.5, 0.6) is 0 Å². The molecule has 2 aromatic rings. The van der Waals surface area contributed by atoms with Gasteiger partial charge in [-0.3, -0.25) is 4.68 Å². The minimum atomic E-state index is 0. The molecular formula is C13H18ClN3O. The molecule has 4 nitrogen and oxygen atoms in total. The van der Waals surface area contributed by atoms with Crippen molar-refractivity contribution in [3.63, 3.8) is 0 Å². The SMILES string of the molecule is Cl.OCCNCc1cnn(Cc2ccccc2)c1. The number of hydrogen-bond donors (Lipinski definition) is 2. The fraction of sp³-hybridized carbons (Fsp3) is 0.308. The van der Waals surface area contributed by atoms with Crippen molar-refractivity contribution < 1.29 is 5.11 Å². The molecule has 2 N–H and O–H groups in total. The van der Waals surface area contributed by atoms with E-state index in [-0.39, 0.29) is 19.0 Å². The van der Waals surface area contributed by atoms with Crippen LogP contribution in [-0.4, -0.2) is 28.0 Å². The lowest BCUT2D eigenvalue weighted by atomic mass is 10.2. The normalized spacial score (nSPS) is 10.1. The second-order valence-corrected chi connectivity index (χ2v) is 3.93. The van der Waals surface area contributed by atoms with Crippen LogP contribution in [0.2, 0.25) is 0 Å². The Morgan fingerprint density at radius 1 is 1.17 bits per heavy atom. The van der Waals surface area contributed by atoms with E-state index in [9.17, 15) is 0 Å². The van der Waals surface area contributed by atoms with E-state index in [4.69, 9.17) is 5.11 Å². The van der Waals surface area contributed by atoms with Gasteiger partial charge in [0, 0.05) is 24.8 Å². The molecule has 0 aliphatic heterocycles. The molecule has 98 valence electrons. The van der Waals surface area contributed by atoms with Gasteiger partial charge in [0.1, 0.15) is 0 Å². The monoisotopic (exact) mass is 267 g/mol. The maximum atomic E-state index is 8.66. The van der Waals surface area contributed by atoms with E-state index in [1.807, 2.05) is 35.3 Å². The summed E-state index contributed by atoms with van der Waals surface area (Å²) in [4.78, 5) is 0. The highest BCUT2D eigenvalue weighted by Crippen LogP contribution is 2.03. The van der Waals surface area contributed by atoms with E-state index in [1.54, 1.807) is 0 Å². The summed E-state index contributed by atoms with van der Waals surface area (Å²) in [5.41, 5.74) is 2.37. The van der Waals surface area contributed by atoms with Crippen molar-refractivity contribution in [2.24, 2.45) is 0 Å².